The van der Waals surface area contributed by atoms with Gasteiger partial charge in [0.2, 0.25) is 0 Å². The Morgan fingerprint density at radius 2 is 1.79 bits per heavy atom. The lowest BCUT2D eigenvalue weighted by Crippen LogP contribution is -2.48. The third-order valence-corrected chi connectivity index (χ3v) is 8.33. The number of carbonyl (C=O) groups excluding carboxylic acids is 1. The number of aromatic nitrogens is 3. The summed E-state index contributed by atoms with van der Waals surface area (Å²) in [6.45, 7) is 8.74. The van der Waals surface area contributed by atoms with Crippen molar-refractivity contribution in [1.29, 1.82) is 0 Å². The van der Waals surface area contributed by atoms with Crippen molar-refractivity contribution < 1.29 is 4.79 Å². The minimum atomic E-state index is -0.194. The van der Waals surface area contributed by atoms with Crippen molar-refractivity contribution in [2.45, 2.75) is 31.7 Å². The van der Waals surface area contributed by atoms with Gasteiger partial charge < -0.3 is 20.5 Å². The highest BCUT2D eigenvalue weighted by Crippen LogP contribution is 2.32. The molecule has 39 heavy (non-hydrogen) atoms. The Morgan fingerprint density at radius 3 is 2.49 bits per heavy atom. The molecule has 0 aliphatic carbocycles. The lowest BCUT2D eigenvalue weighted by atomic mass is 9.97. The molecule has 11 heteroatoms. The normalized spacial score (nSPS) is 20.9. The number of pyridine rings is 2. The van der Waals surface area contributed by atoms with Crippen LogP contribution < -0.4 is 15.5 Å². The lowest BCUT2D eigenvalue weighted by molar-refractivity contribution is 0.102. The summed E-state index contributed by atoms with van der Waals surface area (Å²) in [5.41, 5.74) is 2.75. The molecule has 212 valence electrons. The van der Waals surface area contributed by atoms with Gasteiger partial charge in [-0.25, -0.2) is 9.97 Å². The van der Waals surface area contributed by atoms with Gasteiger partial charge in [-0.05, 0) is 76.5 Å². The number of rotatable bonds is 6. The van der Waals surface area contributed by atoms with Crippen LogP contribution in [0.4, 0.5) is 11.6 Å². The standard InChI is InChI=1S/C28H38N8O.2ClH/c1-34-10-2-3-25(34)24-15-22-18-30-26(16-23(22)32-24)33-28(37)21-4-5-27(31-17-21)36-13-11-35(12-14-36)19-20-6-8-29-9-7-20;;/h4-5,15-18,20,25,29,32H,2-3,6-14,19H2,1H3,(H,30,33,37);2*1H/t25-;;/m1../s1. The fourth-order valence-corrected chi connectivity index (χ4v) is 6.08. The van der Waals surface area contributed by atoms with Crippen LogP contribution in [-0.2, 0) is 0 Å². The molecule has 1 amide bonds. The second-order valence-corrected chi connectivity index (χ2v) is 10.9. The van der Waals surface area contributed by atoms with E-state index in [1.807, 2.05) is 24.4 Å². The fourth-order valence-electron chi connectivity index (χ4n) is 6.08. The number of anilines is 2. The summed E-state index contributed by atoms with van der Waals surface area (Å²) in [6.07, 6.45) is 8.46. The molecule has 1 atom stereocenters. The zero-order valence-corrected chi connectivity index (χ0v) is 24.2. The van der Waals surface area contributed by atoms with Crippen LogP contribution in [0.1, 0.15) is 47.8 Å². The van der Waals surface area contributed by atoms with Gasteiger partial charge >= 0.3 is 0 Å². The average molecular weight is 576 g/mol. The van der Waals surface area contributed by atoms with E-state index in [-0.39, 0.29) is 30.7 Å². The highest BCUT2D eigenvalue weighted by atomic mass is 35.5. The Hall–Kier alpha value is -2.43. The van der Waals surface area contributed by atoms with Crippen molar-refractivity contribution in [3.63, 3.8) is 0 Å². The summed E-state index contributed by atoms with van der Waals surface area (Å²) >= 11 is 0. The van der Waals surface area contributed by atoms with Gasteiger partial charge in [0, 0.05) is 68.3 Å². The van der Waals surface area contributed by atoms with E-state index in [0.29, 0.717) is 17.4 Å². The number of carbonyl (C=O) groups is 1. The molecule has 3 aliphatic rings. The Bertz CT molecular complexity index is 1220. The maximum atomic E-state index is 12.9. The smallest absolute Gasteiger partial charge is 0.258 e. The van der Waals surface area contributed by atoms with E-state index in [0.717, 1.165) is 74.9 Å². The van der Waals surface area contributed by atoms with Crippen LogP contribution in [0.3, 0.4) is 0 Å². The fraction of sp³-hybridized carbons (Fsp3) is 0.536. The Kier molecular flexibility index (Phi) is 10.1. The molecule has 6 heterocycles. The van der Waals surface area contributed by atoms with Gasteiger partial charge in [0.1, 0.15) is 11.6 Å². The number of piperidine rings is 1. The van der Waals surface area contributed by atoms with Crippen molar-refractivity contribution in [2.24, 2.45) is 5.92 Å². The second kappa shape index (κ2) is 13.3. The number of piperazine rings is 1. The zero-order chi connectivity index (χ0) is 25.2. The number of H-pyrrole nitrogens is 1. The molecule has 3 aromatic rings. The number of nitrogens with one attached hydrogen (secondary N) is 3. The Morgan fingerprint density at radius 1 is 1.00 bits per heavy atom. The van der Waals surface area contributed by atoms with Gasteiger partial charge in [0.25, 0.3) is 5.91 Å². The van der Waals surface area contributed by atoms with Crippen LogP contribution in [0.2, 0.25) is 0 Å². The van der Waals surface area contributed by atoms with Crippen molar-refractivity contribution in [2.75, 3.05) is 69.6 Å². The molecule has 0 unspecified atom stereocenters. The highest BCUT2D eigenvalue weighted by molar-refractivity contribution is 6.04. The van der Waals surface area contributed by atoms with E-state index in [1.165, 1.54) is 31.5 Å². The average Bonchev–Trinajstić information content (AvgIpc) is 3.55. The van der Waals surface area contributed by atoms with Gasteiger partial charge in [-0.2, -0.15) is 0 Å². The minimum absolute atomic E-state index is 0. The molecule has 3 N–H and O–H groups in total. The van der Waals surface area contributed by atoms with Crippen molar-refractivity contribution in [3.05, 3.63) is 47.9 Å². The summed E-state index contributed by atoms with van der Waals surface area (Å²) in [5.74, 6) is 2.11. The molecule has 0 aromatic carbocycles. The number of fused-ring (bicyclic) bond motifs is 1. The SMILES string of the molecule is CN1CCC[C@@H]1c1cc2cnc(NC(=O)c3ccc(N4CCN(CC5CCNCC5)CC4)nc3)cc2[nH]1.Cl.Cl. The summed E-state index contributed by atoms with van der Waals surface area (Å²) in [4.78, 5) is 32.8. The molecule has 6 rings (SSSR count). The molecule has 3 aliphatic heterocycles. The number of nitrogens with zero attached hydrogens (tertiary/aromatic N) is 5. The van der Waals surface area contributed by atoms with Gasteiger partial charge in [0.15, 0.2) is 0 Å². The quantitative estimate of drug-likeness (QED) is 0.410. The molecule has 0 spiro atoms. The van der Waals surface area contributed by atoms with Crippen LogP contribution in [0.25, 0.3) is 10.9 Å². The maximum absolute atomic E-state index is 12.9. The highest BCUT2D eigenvalue weighted by Gasteiger charge is 2.25. The topological polar surface area (TPSA) is 92.4 Å². The number of halogens is 2. The largest absolute Gasteiger partial charge is 0.357 e. The second-order valence-electron chi connectivity index (χ2n) is 10.9. The van der Waals surface area contributed by atoms with Crippen molar-refractivity contribution >= 4 is 53.3 Å². The number of aromatic amines is 1. The molecular weight excluding hydrogens is 535 g/mol. The first-order valence-electron chi connectivity index (χ1n) is 13.8. The van der Waals surface area contributed by atoms with E-state index in [2.05, 4.69) is 53.4 Å². The first-order valence-corrected chi connectivity index (χ1v) is 13.8. The minimum Gasteiger partial charge on any atom is -0.357 e. The van der Waals surface area contributed by atoms with E-state index in [9.17, 15) is 4.79 Å². The van der Waals surface area contributed by atoms with E-state index >= 15 is 0 Å². The van der Waals surface area contributed by atoms with Crippen LogP contribution in [-0.4, -0.2) is 90.1 Å². The molecule has 9 nitrogen and oxygen atoms in total. The first kappa shape index (κ1) is 29.6. The van der Waals surface area contributed by atoms with E-state index in [1.54, 1.807) is 6.20 Å². The monoisotopic (exact) mass is 574 g/mol. The summed E-state index contributed by atoms with van der Waals surface area (Å²) in [6, 6.07) is 8.34. The van der Waals surface area contributed by atoms with Crippen molar-refractivity contribution in [1.82, 2.24) is 30.1 Å². The predicted octanol–water partition coefficient (Wildman–Crippen LogP) is 3.94. The summed E-state index contributed by atoms with van der Waals surface area (Å²) in [5, 5.41) is 7.46. The molecule has 3 aromatic heterocycles. The maximum Gasteiger partial charge on any atom is 0.258 e. The number of hydrogen-bond donors (Lipinski definition) is 3. The van der Waals surface area contributed by atoms with Crippen LogP contribution in [0.15, 0.2) is 36.7 Å². The van der Waals surface area contributed by atoms with Crippen molar-refractivity contribution in [3.8, 4) is 0 Å². The van der Waals surface area contributed by atoms with Crippen LogP contribution in [0.5, 0.6) is 0 Å². The van der Waals surface area contributed by atoms with Gasteiger partial charge in [0.05, 0.1) is 11.1 Å². The van der Waals surface area contributed by atoms with Gasteiger partial charge in [-0.15, -0.1) is 24.8 Å². The molecule has 0 radical (unpaired) electrons. The van der Waals surface area contributed by atoms with Crippen LogP contribution >= 0.6 is 24.8 Å². The lowest BCUT2D eigenvalue weighted by Gasteiger charge is -2.37. The Labute approximate surface area is 242 Å². The zero-order valence-electron chi connectivity index (χ0n) is 22.6. The number of hydrogen-bond acceptors (Lipinski definition) is 7. The molecular formula is C28H40Cl2N8O. The van der Waals surface area contributed by atoms with Crippen LogP contribution in [0, 0.1) is 5.92 Å². The third kappa shape index (κ3) is 6.84. The van der Waals surface area contributed by atoms with Gasteiger partial charge in [-0.3, -0.25) is 14.6 Å². The predicted molar refractivity (Wildman–Crippen MR) is 162 cm³/mol. The molecule has 3 saturated heterocycles. The molecule has 0 saturated carbocycles. The summed E-state index contributed by atoms with van der Waals surface area (Å²) < 4.78 is 0. The first-order chi connectivity index (χ1) is 18.1. The van der Waals surface area contributed by atoms with Gasteiger partial charge in [-0.1, -0.05) is 0 Å². The summed E-state index contributed by atoms with van der Waals surface area (Å²) in [7, 11) is 2.17. The van der Waals surface area contributed by atoms with E-state index < -0.39 is 0 Å². The molecule has 0 bridgehead atoms. The number of likely N-dealkylation sites (tertiary alicyclic amines) is 1. The third-order valence-electron chi connectivity index (χ3n) is 8.33. The molecule has 3 fully saturated rings. The van der Waals surface area contributed by atoms with E-state index in [4.69, 9.17) is 0 Å². The number of amides is 1. The Balaban J connectivity index is 0.00000176.